The SMILES string of the molecule is COc1ccc(CN2CCN(C(=O)[C@H](CC(C)C)NC(=O)[C@@H]3O[C@H]3C(=O)NCc3ccccc3)CC2)c(OC)c1OC. The van der Waals surface area contributed by atoms with Crippen molar-refractivity contribution in [1.29, 1.82) is 0 Å². The first-order chi connectivity index (χ1) is 20.2. The fourth-order valence-corrected chi connectivity index (χ4v) is 5.22. The highest BCUT2D eigenvalue weighted by Gasteiger charge is 2.51. The van der Waals surface area contributed by atoms with Gasteiger partial charge < -0.3 is 34.5 Å². The maximum absolute atomic E-state index is 13.5. The minimum absolute atomic E-state index is 0.119. The lowest BCUT2D eigenvalue weighted by molar-refractivity contribution is -0.138. The summed E-state index contributed by atoms with van der Waals surface area (Å²) in [5, 5.41) is 5.67. The first-order valence-electron chi connectivity index (χ1n) is 14.3. The van der Waals surface area contributed by atoms with E-state index in [-0.39, 0.29) is 17.7 Å². The van der Waals surface area contributed by atoms with Crippen molar-refractivity contribution in [3.8, 4) is 17.2 Å². The number of hydrogen-bond donors (Lipinski definition) is 2. The minimum Gasteiger partial charge on any atom is -0.493 e. The predicted octanol–water partition coefficient (Wildman–Crippen LogP) is 1.97. The molecule has 11 heteroatoms. The molecule has 3 atom stereocenters. The molecule has 0 aliphatic carbocycles. The summed E-state index contributed by atoms with van der Waals surface area (Å²) < 4.78 is 21.9. The molecule has 0 spiro atoms. The van der Waals surface area contributed by atoms with Gasteiger partial charge in [0.05, 0.1) is 21.3 Å². The molecule has 0 radical (unpaired) electrons. The van der Waals surface area contributed by atoms with Crippen LogP contribution in [0.5, 0.6) is 17.2 Å². The normalized spacial score (nSPS) is 19.1. The van der Waals surface area contributed by atoms with E-state index < -0.39 is 24.2 Å². The molecule has 42 heavy (non-hydrogen) atoms. The van der Waals surface area contributed by atoms with Crippen LogP contribution in [-0.2, 0) is 32.2 Å². The molecule has 2 aromatic carbocycles. The van der Waals surface area contributed by atoms with Gasteiger partial charge in [-0.1, -0.05) is 50.2 Å². The third-order valence-electron chi connectivity index (χ3n) is 7.50. The van der Waals surface area contributed by atoms with Crippen molar-refractivity contribution in [1.82, 2.24) is 20.4 Å². The highest BCUT2D eigenvalue weighted by Crippen LogP contribution is 2.40. The number of methoxy groups -OCH3 is 3. The minimum atomic E-state index is -0.892. The number of ether oxygens (including phenoxy) is 4. The number of rotatable bonds is 13. The topological polar surface area (TPSA) is 122 Å². The molecule has 4 rings (SSSR count). The van der Waals surface area contributed by atoms with E-state index in [1.54, 1.807) is 26.2 Å². The summed E-state index contributed by atoms with van der Waals surface area (Å²) in [5.41, 5.74) is 1.92. The quantitative estimate of drug-likeness (QED) is 0.344. The largest absolute Gasteiger partial charge is 0.493 e. The van der Waals surface area contributed by atoms with Crippen molar-refractivity contribution in [2.45, 2.75) is 51.6 Å². The molecule has 2 fully saturated rings. The lowest BCUT2D eigenvalue weighted by Crippen LogP contribution is -2.55. The van der Waals surface area contributed by atoms with Gasteiger partial charge in [0.25, 0.3) is 11.8 Å². The Kier molecular flexibility index (Phi) is 10.6. The van der Waals surface area contributed by atoms with Crippen molar-refractivity contribution in [3.05, 3.63) is 53.6 Å². The summed E-state index contributed by atoms with van der Waals surface area (Å²) in [7, 11) is 4.77. The fraction of sp³-hybridized carbons (Fsp3) is 0.516. The average Bonchev–Trinajstić information content (AvgIpc) is 3.81. The second kappa shape index (κ2) is 14.4. The molecule has 0 unspecified atom stereocenters. The van der Waals surface area contributed by atoms with E-state index in [1.165, 1.54) is 0 Å². The van der Waals surface area contributed by atoms with Crippen molar-refractivity contribution >= 4 is 17.7 Å². The van der Waals surface area contributed by atoms with E-state index in [0.717, 1.165) is 11.1 Å². The van der Waals surface area contributed by atoms with Gasteiger partial charge in [-0.3, -0.25) is 19.3 Å². The van der Waals surface area contributed by atoms with Gasteiger partial charge in [0.2, 0.25) is 11.7 Å². The van der Waals surface area contributed by atoms with Gasteiger partial charge in [-0.2, -0.15) is 0 Å². The van der Waals surface area contributed by atoms with Crippen LogP contribution in [0.15, 0.2) is 42.5 Å². The highest BCUT2D eigenvalue weighted by atomic mass is 16.6. The average molecular weight is 583 g/mol. The Labute approximate surface area is 247 Å². The number of nitrogens with zero attached hydrogens (tertiary/aromatic N) is 2. The van der Waals surface area contributed by atoms with Crippen molar-refractivity contribution < 1.29 is 33.3 Å². The van der Waals surface area contributed by atoms with Gasteiger partial charge in [-0.25, -0.2) is 0 Å². The zero-order valence-electron chi connectivity index (χ0n) is 25.1. The fourth-order valence-electron chi connectivity index (χ4n) is 5.22. The van der Waals surface area contributed by atoms with Crippen LogP contribution in [0.2, 0.25) is 0 Å². The number of hydrogen-bond acceptors (Lipinski definition) is 8. The lowest BCUT2D eigenvalue weighted by atomic mass is 10.0. The van der Waals surface area contributed by atoms with Crippen LogP contribution in [0.1, 0.15) is 31.4 Å². The third-order valence-corrected chi connectivity index (χ3v) is 7.50. The number of piperazine rings is 1. The summed E-state index contributed by atoms with van der Waals surface area (Å²) in [6, 6.07) is 12.6. The molecule has 0 aromatic heterocycles. The van der Waals surface area contributed by atoms with Crippen LogP contribution >= 0.6 is 0 Å². The maximum Gasteiger partial charge on any atom is 0.253 e. The molecule has 0 bridgehead atoms. The van der Waals surface area contributed by atoms with E-state index in [0.29, 0.717) is 62.9 Å². The first kappa shape index (κ1) is 31.1. The predicted molar refractivity (Wildman–Crippen MR) is 156 cm³/mol. The molecular formula is C31H42N4O7. The molecule has 2 saturated heterocycles. The van der Waals surface area contributed by atoms with Crippen LogP contribution < -0.4 is 24.8 Å². The molecule has 2 N–H and O–H groups in total. The Morgan fingerprint density at radius 3 is 2.17 bits per heavy atom. The number of carbonyl (C=O) groups excluding carboxylic acids is 3. The molecule has 0 saturated carbocycles. The summed E-state index contributed by atoms with van der Waals surface area (Å²) >= 11 is 0. The Bertz CT molecular complexity index is 1230. The van der Waals surface area contributed by atoms with E-state index in [1.807, 2.05) is 56.3 Å². The molecule has 2 heterocycles. The highest BCUT2D eigenvalue weighted by molar-refractivity contribution is 5.97. The monoisotopic (exact) mass is 582 g/mol. The van der Waals surface area contributed by atoms with Gasteiger partial charge in [0.15, 0.2) is 23.7 Å². The molecule has 3 amide bonds. The van der Waals surface area contributed by atoms with Crippen LogP contribution in [0, 0.1) is 5.92 Å². The number of amides is 3. The van der Waals surface area contributed by atoms with E-state index in [2.05, 4.69) is 15.5 Å². The van der Waals surface area contributed by atoms with Crippen LogP contribution in [0.4, 0.5) is 0 Å². The maximum atomic E-state index is 13.5. The van der Waals surface area contributed by atoms with Gasteiger partial charge in [0.1, 0.15) is 6.04 Å². The zero-order chi connectivity index (χ0) is 30.2. The zero-order valence-corrected chi connectivity index (χ0v) is 25.1. The Balaban J connectivity index is 1.29. The van der Waals surface area contributed by atoms with Crippen LogP contribution in [-0.4, -0.2) is 93.3 Å². The molecule has 2 aliphatic heterocycles. The summed E-state index contributed by atoms with van der Waals surface area (Å²) in [4.78, 5) is 43.0. The Morgan fingerprint density at radius 2 is 1.55 bits per heavy atom. The smallest absolute Gasteiger partial charge is 0.253 e. The lowest BCUT2D eigenvalue weighted by Gasteiger charge is -2.37. The molecule has 2 aromatic rings. The van der Waals surface area contributed by atoms with E-state index in [9.17, 15) is 14.4 Å². The van der Waals surface area contributed by atoms with Crippen molar-refractivity contribution in [3.63, 3.8) is 0 Å². The van der Waals surface area contributed by atoms with E-state index in [4.69, 9.17) is 18.9 Å². The van der Waals surface area contributed by atoms with Gasteiger partial charge >= 0.3 is 0 Å². The van der Waals surface area contributed by atoms with Gasteiger partial charge in [0, 0.05) is 44.8 Å². The molecular weight excluding hydrogens is 540 g/mol. The van der Waals surface area contributed by atoms with Crippen molar-refractivity contribution in [2.24, 2.45) is 5.92 Å². The number of carbonyl (C=O) groups is 3. The second-order valence-electron chi connectivity index (χ2n) is 11.0. The van der Waals surface area contributed by atoms with E-state index >= 15 is 0 Å². The number of epoxide rings is 1. The summed E-state index contributed by atoms with van der Waals surface area (Å²) in [6.45, 7) is 7.40. The molecule has 2 aliphatic rings. The van der Waals surface area contributed by atoms with Crippen LogP contribution in [0.25, 0.3) is 0 Å². The number of nitrogens with one attached hydrogen (secondary N) is 2. The summed E-state index contributed by atoms with van der Waals surface area (Å²) in [5.74, 6) is 1.07. The van der Waals surface area contributed by atoms with Crippen molar-refractivity contribution in [2.75, 3.05) is 47.5 Å². The standard InChI is InChI=1S/C31H42N4O7/c1-20(2)17-23(33-30(37)28-27(42-28)29(36)32-18-21-9-7-6-8-10-21)31(38)35-15-13-34(14-16-35)19-22-11-12-24(39-3)26(41-5)25(22)40-4/h6-12,20,23,27-28H,13-19H2,1-5H3,(H,32,36)(H,33,37)/t23-,27+,28+/m0/s1. The summed E-state index contributed by atoms with van der Waals surface area (Å²) in [6.07, 6.45) is -1.25. The Morgan fingerprint density at radius 1 is 0.881 bits per heavy atom. The molecule has 11 nitrogen and oxygen atoms in total. The number of benzene rings is 2. The van der Waals surface area contributed by atoms with Crippen LogP contribution in [0.3, 0.4) is 0 Å². The third kappa shape index (κ3) is 7.71. The van der Waals surface area contributed by atoms with Gasteiger partial charge in [-0.15, -0.1) is 0 Å². The Hall–Kier alpha value is -3.83. The first-order valence-corrected chi connectivity index (χ1v) is 14.3. The van der Waals surface area contributed by atoms with Gasteiger partial charge in [-0.05, 0) is 24.0 Å². The molecule has 228 valence electrons. The second-order valence-corrected chi connectivity index (χ2v) is 11.0.